The molecule has 2 aromatic carbocycles. The van der Waals surface area contributed by atoms with Gasteiger partial charge in [-0.2, -0.15) is 0 Å². The van der Waals surface area contributed by atoms with Crippen molar-refractivity contribution >= 4 is 6.08 Å². The van der Waals surface area contributed by atoms with Gasteiger partial charge in [-0.3, -0.25) is 0 Å². The molecule has 2 aromatic rings. The maximum atomic E-state index is 9.79. The second kappa shape index (κ2) is 5.72. The Balaban J connectivity index is 2.35. The molecular formula is C17H18O2. The number of benzene rings is 2. The van der Waals surface area contributed by atoms with Crippen LogP contribution in [0.4, 0.5) is 0 Å². The average Bonchev–Trinajstić information content (AvgIpc) is 2.42. The van der Waals surface area contributed by atoms with Gasteiger partial charge >= 0.3 is 0 Å². The monoisotopic (exact) mass is 254 g/mol. The molecule has 0 atom stereocenters. The van der Waals surface area contributed by atoms with Crippen LogP contribution in [0.5, 0.6) is 5.75 Å². The molecule has 2 N–H and O–H groups in total. The van der Waals surface area contributed by atoms with E-state index in [0.29, 0.717) is 5.75 Å². The predicted molar refractivity (Wildman–Crippen MR) is 79.1 cm³/mol. The number of aliphatic hydroxyl groups excluding tert-OH is 1. The van der Waals surface area contributed by atoms with Crippen molar-refractivity contribution in [3.63, 3.8) is 0 Å². The maximum absolute atomic E-state index is 9.79. The summed E-state index contributed by atoms with van der Waals surface area (Å²) in [5, 5.41) is 18.5. The Kier molecular flexibility index (Phi) is 4.03. The van der Waals surface area contributed by atoms with E-state index in [4.69, 9.17) is 5.11 Å². The summed E-state index contributed by atoms with van der Waals surface area (Å²) in [5.74, 6) is 0.367. The summed E-state index contributed by atoms with van der Waals surface area (Å²) in [6.45, 7) is 3.87. The maximum Gasteiger partial charge on any atom is 0.121 e. The van der Waals surface area contributed by atoms with Crippen molar-refractivity contribution < 1.29 is 10.2 Å². The number of hydrogen-bond donors (Lipinski definition) is 2. The smallest absolute Gasteiger partial charge is 0.121 e. The Morgan fingerprint density at radius 1 is 0.947 bits per heavy atom. The predicted octanol–water partition coefficient (Wildman–Crippen LogP) is 3.68. The van der Waals surface area contributed by atoms with Crippen LogP contribution in [0.3, 0.4) is 0 Å². The Bertz CT molecular complexity index is 572. The Hall–Kier alpha value is -2.06. The lowest BCUT2D eigenvalue weighted by molar-refractivity contribution is 0.343. The molecule has 0 fully saturated rings. The quantitative estimate of drug-likeness (QED) is 0.877. The van der Waals surface area contributed by atoms with E-state index in [1.165, 1.54) is 0 Å². The SMILES string of the molecule is Cc1cc(-c2ccc(C=CCO)cc2)cc(C)c1O. The lowest BCUT2D eigenvalue weighted by Crippen LogP contribution is -1.85. The molecule has 2 rings (SSSR count). The van der Waals surface area contributed by atoms with E-state index >= 15 is 0 Å². The minimum Gasteiger partial charge on any atom is -0.507 e. The van der Waals surface area contributed by atoms with Crippen molar-refractivity contribution in [3.05, 3.63) is 59.2 Å². The number of phenols is 1. The fourth-order valence-corrected chi connectivity index (χ4v) is 2.10. The summed E-state index contributed by atoms with van der Waals surface area (Å²) >= 11 is 0. The van der Waals surface area contributed by atoms with E-state index in [1.807, 2.05) is 56.3 Å². The molecular weight excluding hydrogens is 236 g/mol. The number of hydrogen-bond acceptors (Lipinski definition) is 2. The van der Waals surface area contributed by atoms with Crippen molar-refractivity contribution in [2.45, 2.75) is 13.8 Å². The molecule has 0 saturated heterocycles. The molecule has 19 heavy (non-hydrogen) atoms. The van der Waals surface area contributed by atoms with Gasteiger partial charge < -0.3 is 10.2 Å². The first kappa shape index (κ1) is 13.4. The lowest BCUT2D eigenvalue weighted by Gasteiger charge is -2.08. The molecule has 98 valence electrons. The van der Waals surface area contributed by atoms with Crippen LogP contribution in [0, 0.1) is 13.8 Å². The van der Waals surface area contributed by atoms with E-state index in [1.54, 1.807) is 6.08 Å². The van der Waals surface area contributed by atoms with Crippen LogP contribution >= 0.6 is 0 Å². The molecule has 0 aliphatic carbocycles. The number of rotatable bonds is 3. The van der Waals surface area contributed by atoms with Crippen LogP contribution in [0.1, 0.15) is 16.7 Å². The highest BCUT2D eigenvalue weighted by molar-refractivity contribution is 5.68. The molecule has 0 aromatic heterocycles. The highest BCUT2D eigenvalue weighted by atomic mass is 16.3. The minimum absolute atomic E-state index is 0.0537. The van der Waals surface area contributed by atoms with Gasteiger partial charge in [0.1, 0.15) is 5.75 Å². The van der Waals surface area contributed by atoms with Gasteiger partial charge in [0.25, 0.3) is 0 Å². The van der Waals surface area contributed by atoms with E-state index in [0.717, 1.165) is 27.8 Å². The highest BCUT2D eigenvalue weighted by Crippen LogP contribution is 2.29. The van der Waals surface area contributed by atoms with Gasteiger partial charge in [0.05, 0.1) is 6.61 Å². The summed E-state index contributed by atoms with van der Waals surface area (Å²) in [6, 6.07) is 12.1. The third-order valence-electron chi connectivity index (χ3n) is 3.15. The molecule has 0 amide bonds. The van der Waals surface area contributed by atoms with Crippen LogP contribution in [0.25, 0.3) is 17.2 Å². The fourth-order valence-electron chi connectivity index (χ4n) is 2.10. The molecule has 2 heteroatoms. The molecule has 0 unspecified atom stereocenters. The molecule has 0 heterocycles. The second-order valence-electron chi connectivity index (χ2n) is 4.67. The van der Waals surface area contributed by atoms with Crippen molar-refractivity contribution in [2.75, 3.05) is 6.61 Å². The molecule has 0 aliphatic rings. The molecule has 2 nitrogen and oxygen atoms in total. The number of aliphatic hydroxyl groups is 1. The number of aryl methyl sites for hydroxylation is 2. The van der Waals surface area contributed by atoms with Gasteiger partial charge in [0, 0.05) is 0 Å². The van der Waals surface area contributed by atoms with Crippen LogP contribution < -0.4 is 0 Å². The number of phenolic OH excluding ortho intramolecular Hbond substituents is 1. The molecule has 0 radical (unpaired) electrons. The topological polar surface area (TPSA) is 40.5 Å². The summed E-state index contributed by atoms with van der Waals surface area (Å²) in [7, 11) is 0. The standard InChI is InChI=1S/C17H18O2/c1-12-10-16(11-13(2)17(12)19)15-7-5-14(6-8-15)4-3-9-18/h3-8,10-11,18-19H,9H2,1-2H3. The Morgan fingerprint density at radius 3 is 2.05 bits per heavy atom. The highest BCUT2D eigenvalue weighted by Gasteiger charge is 2.05. The minimum atomic E-state index is 0.0537. The van der Waals surface area contributed by atoms with Crippen LogP contribution in [-0.2, 0) is 0 Å². The summed E-state index contributed by atoms with van der Waals surface area (Å²) in [4.78, 5) is 0. The largest absolute Gasteiger partial charge is 0.507 e. The van der Waals surface area contributed by atoms with Crippen molar-refractivity contribution in [3.8, 4) is 16.9 Å². The van der Waals surface area contributed by atoms with Gasteiger partial charge in [0.2, 0.25) is 0 Å². The average molecular weight is 254 g/mol. The Morgan fingerprint density at radius 2 is 1.53 bits per heavy atom. The van der Waals surface area contributed by atoms with Crippen LogP contribution in [-0.4, -0.2) is 16.8 Å². The molecule has 0 saturated carbocycles. The van der Waals surface area contributed by atoms with Crippen molar-refractivity contribution in [1.29, 1.82) is 0 Å². The zero-order valence-corrected chi connectivity index (χ0v) is 11.2. The lowest BCUT2D eigenvalue weighted by atomic mass is 9.99. The molecule has 0 bridgehead atoms. The van der Waals surface area contributed by atoms with Gasteiger partial charge in [-0.15, -0.1) is 0 Å². The van der Waals surface area contributed by atoms with Gasteiger partial charge in [-0.25, -0.2) is 0 Å². The first-order chi connectivity index (χ1) is 9.11. The van der Waals surface area contributed by atoms with E-state index in [2.05, 4.69) is 0 Å². The van der Waals surface area contributed by atoms with Crippen molar-refractivity contribution in [2.24, 2.45) is 0 Å². The van der Waals surface area contributed by atoms with Crippen LogP contribution in [0.15, 0.2) is 42.5 Å². The summed E-state index contributed by atoms with van der Waals surface area (Å²) in [5.41, 5.74) is 5.06. The molecule has 0 spiro atoms. The normalized spacial score (nSPS) is 11.1. The molecule has 0 aliphatic heterocycles. The van der Waals surface area contributed by atoms with Gasteiger partial charge in [-0.1, -0.05) is 36.4 Å². The fraction of sp³-hybridized carbons (Fsp3) is 0.176. The van der Waals surface area contributed by atoms with Crippen molar-refractivity contribution in [1.82, 2.24) is 0 Å². The van der Waals surface area contributed by atoms with Crippen LogP contribution in [0.2, 0.25) is 0 Å². The first-order valence-corrected chi connectivity index (χ1v) is 6.30. The summed E-state index contributed by atoms with van der Waals surface area (Å²) < 4.78 is 0. The zero-order chi connectivity index (χ0) is 13.8. The zero-order valence-electron chi connectivity index (χ0n) is 11.2. The van der Waals surface area contributed by atoms with E-state index in [9.17, 15) is 5.11 Å². The third-order valence-corrected chi connectivity index (χ3v) is 3.15. The Labute approximate surface area is 113 Å². The second-order valence-corrected chi connectivity index (χ2v) is 4.67. The summed E-state index contributed by atoms with van der Waals surface area (Å²) in [6.07, 6.45) is 3.60. The van der Waals surface area contributed by atoms with E-state index < -0.39 is 0 Å². The first-order valence-electron chi connectivity index (χ1n) is 6.30. The van der Waals surface area contributed by atoms with Gasteiger partial charge in [-0.05, 0) is 53.8 Å². The number of aromatic hydroxyl groups is 1. The van der Waals surface area contributed by atoms with Gasteiger partial charge in [0.15, 0.2) is 0 Å². The third kappa shape index (κ3) is 3.04. The van der Waals surface area contributed by atoms with E-state index in [-0.39, 0.29) is 6.61 Å².